The van der Waals surface area contributed by atoms with Gasteiger partial charge in [-0.3, -0.25) is 0 Å². The van der Waals surface area contributed by atoms with Gasteiger partial charge >= 0.3 is 0 Å². The molecular weight excluding hydrogens is 250 g/mol. The second-order valence-corrected chi connectivity index (χ2v) is 5.67. The molecule has 0 saturated heterocycles. The van der Waals surface area contributed by atoms with Crippen LogP contribution in [0.5, 0.6) is 5.75 Å². The zero-order valence-electron chi connectivity index (χ0n) is 11.8. The van der Waals surface area contributed by atoms with E-state index >= 15 is 0 Å². The molecule has 20 heavy (non-hydrogen) atoms. The fourth-order valence-corrected chi connectivity index (χ4v) is 2.80. The number of aliphatic hydroxyl groups is 1. The first-order chi connectivity index (χ1) is 9.74. The van der Waals surface area contributed by atoms with Crippen LogP contribution >= 0.6 is 0 Å². The van der Waals surface area contributed by atoms with Gasteiger partial charge < -0.3 is 15.2 Å². The summed E-state index contributed by atoms with van der Waals surface area (Å²) < 4.78 is 5.24. The van der Waals surface area contributed by atoms with Crippen LogP contribution in [0.3, 0.4) is 0 Å². The van der Waals surface area contributed by atoms with Crippen LogP contribution < -0.4 is 10.1 Å². The lowest BCUT2D eigenvalue weighted by atomic mass is 9.82. The zero-order valence-corrected chi connectivity index (χ0v) is 11.8. The van der Waals surface area contributed by atoms with Crippen LogP contribution in [0.1, 0.15) is 18.4 Å². The molecule has 0 bridgehead atoms. The molecule has 0 aromatic heterocycles. The maximum Gasteiger partial charge on any atom is 0.119 e. The lowest BCUT2D eigenvalue weighted by molar-refractivity contribution is 0.0430. The lowest BCUT2D eigenvalue weighted by Crippen LogP contribution is -2.35. The Morgan fingerprint density at radius 3 is 2.65 bits per heavy atom. The first-order valence-corrected chi connectivity index (χ1v) is 7.20. The van der Waals surface area contributed by atoms with Crippen molar-refractivity contribution in [3.05, 3.63) is 42.0 Å². The first-order valence-electron chi connectivity index (χ1n) is 7.20. The third-order valence-corrected chi connectivity index (χ3v) is 4.08. The number of hydrogen-bond donors (Lipinski definition) is 2. The summed E-state index contributed by atoms with van der Waals surface area (Å²) in [6.07, 6.45) is 1.84. The van der Waals surface area contributed by atoms with Gasteiger partial charge in [-0.2, -0.15) is 0 Å². The topological polar surface area (TPSA) is 41.5 Å². The predicted molar refractivity (Wildman–Crippen MR) is 80.9 cm³/mol. The number of hydrogen-bond acceptors (Lipinski definition) is 3. The molecule has 106 valence electrons. The van der Waals surface area contributed by atoms with Gasteiger partial charge in [0.2, 0.25) is 0 Å². The third-order valence-electron chi connectivity index (χ3n) is 4.08. The summed E-state index contributed by atoms with van der Waals surface area (Å²) in [5.74, 6) is 1.54. The van der Waals surface area contributed by atoms with Crippen LogP contribution in [0.15, 0.2) is 36.4 Å². The molecule has 2 N–H and O–H groups in total. The van der Waals surface area contributed by atoms with Gasteiger partial charge in [0, 0.05) is 6.54 Å². The molecule has 0 unspecified atom stereocenters. The molecule has 1 aliphatic carbocycles. The number of rotatable bonds is 5. The van der Waals surface area contributed by atoms with Crippen LogP contribution in [-0.4, -0.2) is 24.9 Å². The summed E-state index contributed by atoms with van der Waals surface area (Å²) >= 11 is 0. The van der Waals surface area contributed by atoms with E-state index in [4.69, 9.17) is 4.74 Å². The second kappa shape index (κ2) is 5.81. The minimum atomic E-state index is -0.0579. The summed E-state index contributed by atoms with van der Waals surface area (Å²) in [7, 11) is 1.69. The molecule has 3 rings (SSSR count). The van der Waals surface area contributed by atoms with Gasteiger partial charge in [0.25, 0.3) is 0 Å². The number of methoxy groups -OCH3 is 1. The second-order valence-electron chi connectivity index (χ2n) is 5.67. The maximum atomic E-state index is 9.26. The molecule has 0 atom stereocenters. The van der Waals surface area contributed by atoms with E-state index in [0.717, 1.165) is 31.7 Å². The maximum absolute atomic E-state index is 9.26. The van der Waals surface area contributed by atoms with Gasteiger partial charge in [0.1, 0.15) is 5.75 Å². The Kier molecular flexibility index (Phi) is 3.90. The smallest absolute Gasteiger partial charge is 0.119 e. The molecule has 0 radical (unpaired) electrons. The highest BCUT2D eigenvalue weighted by molar-refractivity contribution is 5.84. The van der Waals surface area contributed by atoms with Crippen molar-refractivity contribution in [1.82, 2.24) is 5.32 Å². The van der Waals surface area contributed by atoms with Crippen molar-refractivity contribution in [2.75, 3.05) is 13.7 Å². The summed E-state index contributed by atoms with van der Waals surface area (Å²) in [6, 6.07) is 12.7. The van der Waals surface area contributed by atoms with E-state index in [-0.39, 0.29) is 6.10 Å². The molecule has 0 aliphatic heterocycles. The van der Waals surface area contributed by atoms with Crippen LogP contribution in [0.4, 0.5) is 0 Å². The molecule has 1 aliphatic rings. The van der Waals surface area contributed by atoms with E-state index in [1.807, 2.05) is 6.07 Å². The average molecular weight is 271 g/mol. The molecular formula is C17H21NO2. The zero-order chi connectivity index (χ0) is 13.9. The van der Waals surface area contributed by atoms with Crippen molar-refractivity contribution < 1.29 is 9.84 Å². The fourth-order valence-electron chi connectivity index (χ4n) is 2.80. The van der Waals surface area contributed by atoms with Crippen molar-refractivity contribution in [2.24, 2.45) is 5.92 Å². The number of aliphatic hydroxyl groups excluding tert-OH is 1. The average Bonchev–Trinajstić information content (AvgIpc) is 2.44. The minimum absolute atomic E-state index is 0.0579. The van der Waals surface area contributed by atoms with E-state index < -0.39 is 0 Å². The van der Waals surface area contributed by atoms with Gasteiger partial charge in [-0.05, 0) is 59.8 Å². The summed E-state index contributed by atoms with van der Waals surface area (Å²) in [6.45, 7) is 1.88. The molecule has 3 heteroatoms. The Labute approximate surface area is 119 Å². The highest BCUT2D eigenvalue weighted by Gasteiger charge is 2.26. The number of nitrogens with one attached hydrogen (secondary N) is 1. The number of fused-ring (bicyclic) bond motifs is 1. The van der Waals surface area contributed by atoms with Crippen molar-refractivity contribution in [1.29, 1.82) is 0 Å². The molecule has 2 aromatic rings. The molecule has 2 aromatic carbocycles. The van der Waals surface area contributed by atoms with Crippen LogP contribution in [0.25, 0.3) is 10.8 Å². The Morgan fingerprint density at radius 2 is 1.90 bits per heavy atom. The third kappa shape index (κ3) is 2.94. The largest absolute Gasteiger partial charge is 0.497 e. The number of ether oxygens (including phenoxy) is 1. The van der Waals surface area contributed by atoms with Gasteiger partial charge in [-0.15, -0.1) is 0 Å². The van der Waals surface area contributed by atoms with Crippen molar-refractivity contribution in [3.8, 4) is 5.75 Å². The highest BCUT2D eigenvalue weighted by Crippen LogP contribution is 2.26. The van der Waals surface area contributed by atoms with E-state index in [0.29, 0.717) is 5.92 Å². The molecule has 3 nitrogen and oxygen atoms in total. The van der Waals surface area contributed by atoms with Crippen LogP contribution in [0, 0.1) is 5.92 Å². The van der Waals surface area contributed by atoms with Crippen LogP contribution in [0.2, 0.25) is 0 Å². The van der Waals surface area contributed by atoms with Gasteiger partial charge in [-0.1, -0.05) is 18.2 Å². The quantitative estimate of drug-likeness (QED) is 0.878. The monoisotopic (exact) mass is 271 g/mol. The summed E-state index contributed by atoms with van der Waals surface area (Å²) in [5, 5.41) is 15.2. The van der Waals surface area contributed by atoms with Crippen LogP contribution in [-0.2, 0) is 6.54 Å². The lowest BCUT2D eigenvalue weighted by Gasteiger charge is -2.31. The molecule has 1 fully saturated rings. The van der Waals surface area contributed by atoms with Crippen molar-refractivity contribution in [3.63, 3.8) is 0 Å². The van der Waals surface area contributed by atoms with Crippen molar-refractivity contribution >= 4 is 10.8 Å². The van der Waals surface area contributed by atoms with E-state index in [2.05, 4.69) is 35.6 Å². The summed E-state index contributed by atoms with van der Waals surface area (Å²) in [5.41, 5.74) is 1.29. The van der Waals surface area contributed by atoms with Gasteiger partial charge in [0.05, 0.1) is 13.2 Å². The standard InChI is InChI=1S/C17H21NO2/c1-20-17-5-4-14-6-12(2-3-15(14)9-17)10-18-11-13-7-16(19)8-13/h2-6,9,13,16,18-19H,7-8,10-11H2,1H3. The SMILES string of the molecule is COc1ccc2cc(CNCC3CC(O)C3)ccc2c1. The van der Waals surface area contributed by atoms with Gasteiger partial charge in [-0.25, -0.2) is 0 Å². The van der Waals surface area contributed by atoms with E-state index in [1.54, 1.807) is 7.11 Å². The Hall–Kier alpha value is -1.58. The van der Waals surface area contributed by atoms with E-state index in [1.165, 1.54) is 16.3 Å². The van der Waals surface area contributed by atoms with Crippen molar-refractivity contribution in [2.45, 2.75) is 25.5 Å². The van der Waals surface area contributed by atoms with E-state index in [9.17, 15) is 5.11 Å². The first kappa shape index (κ1) is 13.4. The number of benzene rings is 2. The Bertz CT molecular complexity index is 591. The summed E-state index contributed by atoms with van der Waals surface area (Å²) in [4.78, 5) is 0. The molecule has 0 amide bonds. The minimum Gasteiger partial charge on any atom is -0.497 e. The Morgan fingerprint density at radius 1 is 1.15 bits per heavy atom. The normalized spacial score (nSPS) is 21.7. The fraction of sp³-hybridized carbons (Fsp3) is 0.412. The van der Waals surface area contributed by atoms with Gasteiger partial charge in [0.15, 0.2) is 0 Å². The highest BCUT2D eigenvalue weighted by atomic mass is 16.5. The molecule has 0 spiro atoms. The Balaban J connectivity index is 1.60. The predicted octanol–water partition coefficient (Wildman–Crippen LogP) is 2.71. The molecule has 0 heterocycles. The molecule has 1 saturated carbocycles.